The Morgan fingerprint density at radius 2 is 1.23 bits per heavy atom. The maximum Gasteiger partial charge on any atom is 1.00 e. The average molecular weight is 649 g/mol. The van der Waals surface area contributed by atoms with Gasteiger partial charge in [-0.05, 0) is 12.8 Å². The van der Waals surface area contributed by atoms with Gasteiger partial charge in [-0.2, -0.15) is 0 Å². The van der Waals surface area contributed by atoms with Crippen molar-refractivity contribution in [1.82, 2.24) is 0 Å². The van der Waals surface area contributed by atoms with Crippen molar-refractivity contribution in [3.05, 3.63) is 0 Å². The minimum Gasteiger partial charge on any atom is -0.748 e. The Kier molecular flexibility index (Phi) is 24.6. The van der Waals surface area contributed by atoms with Gasteiger partial charge in [0.2, 0.25) is 0 Å². The smallest absolute Gasteiger partial charge is 0.748 e. The normalized spacial score (nSPS) is 22.9. The number of rotatable bonds is 24. The summed E-state index contributed by atoms with van der Waals surface area (Å²) >= 11 is 0. The molecule has 1 aliphatic heterocycles. The van der Waals surface area contributed by atoms with Crippen molar-refractivity contribution in [2.45, 2.75) is 153 Å². The van der Waals surface area contributed by atoms with E-state index in [9.17, 15) is 37.9 Å². The van der Waals surface area contributed by atoms with E-state index >= 15 is 0 Å². The Morgan fingerprint density at radius 1 is 0.744 bits per heavy atom. The van der Waals surface area contributed by atoms with Gasteiger partial charge in [0.25, 0.3) is 0 Å². The van der Waals surface area contributed by atoms with Gasteiger partial charge in [-0.25, -0.2) is 8.42 Å². The fraction of sp³-hybridized carbons (Fsp3) is 0.931. The van der Waals surface area contributed by atoms with Gasteiger partial charge in [0, 0.05) is 12.8 Å². The quantitative estimate of drug-likeness (QED) is 0.0555. The molecule has 0 bridgehead atoms. The van der Waals surface area contributed by atoms with E-state index in [1.165, 1.54) is 19.3 Å². The molecule has 1 rings (SSSR count). The standard InChI is InChI=1S/C29H54O12S.Na/c1-3-5-7-9-11-13-15-17-24(30)38-19-22(40-25(31)18-16-14-12-10-8-6-4-2)20-39-29-28(34)27(33)26(32)23(41-29)21-42(35,36)37;/h22-23,26-29,32-34H,3-21H2,1-2H3,(H,35,36,37);/q;+1/p-1/t22?,23-,26-,27+,28-,29+;/m1./s1. The summed E-state index contributed by atoms with van der Waals surface area (Å²) in [6.07, 6.45) is 4.96. The zero-order valence-corrected chi connectivity index (χ0v) is 29.1. The zero-order chi connectivity index (χ0) is 31.4. The third-order valence-electron chi connectivity index (χ3n) is 7.18. The van der Waals surface area contributed by atoms with E-state index in [1.54, 1.807) is 0 Å². The Morgan fingerprint density at radius 3 is 1.74 bits per heavy atom. The minimum atomic E-state index is -4.83. The number of esters is 2. The molecule has 6 atom stereocenters. The van der Waals surface area contributed by atoms with Gasteiger partial charge in [-0.1, -0.05) is 90.9 Å². The molecule has 0 aromatic carbocycles. The van der Waals surface area contributed by atoms with Gasteiger partial charge < -0.3 is 38.8 Å². The molecule has 0 aliphatic carbocycles. The van der Waals surface area contributed by atoms with Crippen LogP contribution in [0.3, 0.4) is 0 Å². The van der Waals surface area contributed by atoms with E-state index in [4.69, 9.17) is 18.9 Å². The predicted octanol–water partition coefficient (Wildman–Crippen LogP) is 0.0962. The molecule has 0 aromatic rings. The van der Waals surface area contributed by atoms with Crippen LogP contribution in [0.15, 0.2) is 0 Å². The van der Waals surface area contributed by atoms with Crippen molar-refractivity contribution in [3.8, 4) is 0 Å². The number of aliphatic hydroxyl groups is 3. The van der Waals surface area contributed by atoms with Crippen LogP contribution in [0.5, 0.6) is 0 Å². The molecule has 3 N–H and O–H groups in total. The van der Waals surface area contributed by atoms with Crippen LogP contribution in [0, 0.1) is 0 Å². The molecule has 0 spiro atoms. The molecule has 43 heavy (non-hydrogen) atoms. The Bertz CT molecular complexity index is 843. The summed E-state index contributed by atoms with van der Waals surface area (Å²) in [6.45, 7) is 3.56. The van der Waals surface area contributed by atoms with Gasteiger partial charge in [-0.3, -0.25) is 9.59 Å². The summed E-state index contributed by atoms with van der Waals surface area (Å²) in [6, 6.07) is 0. The Labute approximate surface area is 279 Å². The number of unbranched alkanes of at least 4 members (excludes halogenated alkanes) is 12. The van der Waals surface area contributed by atoms with Gasteiger partial charge in [-0.15, -0.1) is 0 Å². The molecule has 248 valence electrons. The van der Waals surface area contributed by atoms with E-state index in [1.807, 2.05) is 0 Å². The number of carbonyl (C=O) groups excluding carboxylic acids is 2. The van der Waals surface area contributed by atoms with Crippen molar-refractivity contribution in [2.24, 2.45) is 0 Å². The molecular formula is C29H53NaO12S. The van der Waals surface area contributed by atoms with Crippen molar-refractivity contribution < 1.29 is 86.4 Å². The summed E-state index contributed by atoms with van der Waals surface area (Å²) in [7, 11) is -4.83. The molecular weight excluding hydrogens is 595 g/mol. The molecule has 1 saturated heterocycles. The van der Waals surface area contributed by atoms with Crippen LogP contribution >= 0.6 is 0 Å². The molecule has 14 heteroatoms. The molecule has 1 unspecified atom stereocenters. The van der Waals surface area contributed by atoms with E-state index in [0.717, 1.165) is 57.8 Å². The molecule has 0 saturated carbocycles. The first kappa shape index (κ1) is 42.6. The molecule has 1 aliphatic rings. The average Bonchev–Trinajstić information content (AvgIpc) is 2.93. The van der Waals surface area contributed by atoms with Crippen LogP contribution in [-0.4, -0.2) is 96.0 Å². The van der Waals surface area contributed by atoms with E-state index < -0.39 is 71.2 Å². The number of ether oxygens (including phenoxy) is 4. The van der Waals surface area contributed by atoms with Crippen molar-refractivity contribution in [3.63, 3.8) is 0 Å². The van der Waals surface area contributed by atoms with Crippen LogP contribution in [0.4, 0.5) is 0 Å². The second-order valence-electron chi connectivity index (χ2n) is 11.1. The zero-order valence-electron chi connectivity index (χ0n) is 26.3. The number of carbonyl (C=O) groups is 2. The summed E-state index contributed by atoms with van der Waals surface area (Å²) in [5, 5.41) is 30.4. The van der Waals surface area contributed by atoms with Crippen LogP contribution in [-0.2, 0) is 38.7 Å². The molecule has 0 radical (unpaired) electrons. The molecule has 1 fully saturated rings. The van der Waals surface area contributed by atoms with Crippen LogP contribution in [0.25, 0.3) is 0 Å². The van der Waals surface area contributed by atoms with Crippen molar-refractivity contribution in [2.75, 3.05) is 19.0 Å². The maximum absolute atomic E-state index is 12.5. The molecule has 0 amide bonds. The first-order valence-corrected chi connectivity index (χ1v) is 17.2. The topological polar surface area (TPSA) is 189 Å². The van der Waals surface area contributed by atoms with Crippen LogP contribution in [0.2, 0.25) is 0 Å². The third-order valence-corrected chi connectivity index (χ3v) is 7.92. The second-order valence-corrected chi connectivity index (χ2v) is 12.6. The van der Waals surface area contributed by atoms with E-state index in [-0.39, 0.29) is 49.0 Å². The molecule has 12 nitrogen and oxygen atoms in total. The largest absolute Gasteiger partial charge is 1.00 e. The third kappa shape index (κ3) is 20.4. The Balaban J connectivity index is 0.0000176. The number of hydrogen-bond acceptors (Lipinski definition) is 12. The first-order valence-electron chi connectivity index (χ1n) is 15.6. The second kappa shape index (κ2) is 24.8. The van der Waals surface area contributed by atoms with Gasteiger partial charge >= 0.3 is 41.5 Å². The van der Waals surface area contributed by atoms with Gasteiger partial charge in [0.05, 0.1) is 22.5 Å². The fourth-order valence-electron chi connectivity index (χ4n) is 4.67. The van der Waals surface area contributed by atoms with Gasteiger partial charge in [0.15, 0.2) is 12.4 Å². The molecule has 0 aromatic heterocycles. The van der Waals surface area contributed by atoms with Gasteiger partial charge in [0.1, 0.15) is 31.0 Å². The SMILES string of the molecule is CCCCCCCCCC(=O)OCC(CO[C@H]1O[C@H](CS(=O)(=O)[O-])[C@@H](O)[C@H](O)[C@H]1O)OC(=O)CCCCCCCCC.[Na+]. The van der Waals surface area contributed by atoms with Crippen LogP contribution in [0.1, 0.15) is 117 Å². The number of hydrogen-bond donors (Lipinski definition) is 3. The Hall–Kier alpha value is -0.350. The monoisotopic (exact) mass is 648 g/mol. The van der Waals surface area contributed by atoms with E-state index in [2.05, 4.69) is 13.8 Å². The van der Waals surface area contributed by atoms with Crippen LogP contribution < -0.4 is 29.6 Å². The fourth-order valence-corrected chi connectivity index (χ4v) is 5.35. The summed E-state index contributed by atoms with van der Waals surface area (Å²) in [5.74, 6) is -2.12. The maximum atomic E-state index is 12.5. The van der Waals surface area contributed by atoms with E-state index in [0.29, 0.717) is 12.8 Å². The summed E-state index contributed by atoms with van der Waals surface area (Å²) in [5.41, 5.74) is 0. The first-order chi connectivity index (χ1) is 20.0. The van der Waals surface area contributed by atoms with Crippen molar-refractivity contribution in [1.29, 1.82) is 0 Å². The predicted molar refractivity (Wildman–Crippen MR) is 153 cm³/mol. The minimum absolute atomic E-state index is 0. The summed E-state index contributed by atoms with van der Waals surface area (Å²) in [4.78, 5) is 24.8. The molecule has 1 heterocycles. The van der Waals surface area contributed by atoms with Crippen molar-refractivity contribution >= 4 is 22.1 Å². The number of aliphatic hydroxyl groups excluding tert-OH is 3. The summed E-state index contributed by atoms with van der Waals surface area (Å²) < 4.78 is 55.0.